The van der Waals surface area contributed by atoms with Crippen molar-refractivity contribution in [2.45, 2.75) is 13.1 Å². The van der Waals surface area contributed by atoms with E-state index in [1.54, 1.807) is 19.6 Å². The van der Waals surface area contributed by atoms with E-state index < -0.39 is 0 Å². The van der Waals surface area contributed by atoms with E-state index in [1.165, 1.54) is 0 Å². The van der Waals surface area contributed by atoms with Crippen LogP contribution < -0.4 is 5.32 Å². The molecule has 0 amide bonds. The molecule has 0 unspecified atom stereocenters. The van der Waals surface area contributed by atoms with E-state index in [4.69, 9.17) is 4.52 Å². The van der Waals surface area contributed by atoms with Gasteiger partial charge in [0.15, 0.2) is 11.8 Å². The maximum Gasteiger partial charge on any atom is 0.194 e. The molecule has 0 fully saturated rings. The number of guanidine groups is 1. The zero-order chi connectivity index (χ0) is 13.7. The summed E-state index contributed by atoms with van der Waals surface area (Å²) < 4.78 is 6.66. The van der Waals surface area contributed by atoms with E-state index in [0.717, 1.165) is 17.5 Å². The summed E-state index contributed by atoms with van der Waals surface area (Å²) in [5, 5.41) is 14.9. The summed E-state index contributed by atoms with van der Waals surface area (Å²) in [4.78, 5) is 6.17. The molecular weight excluding hydrogens is 246 g/mol. The Balaban J connectivity index is 1.91. The lowest BCUT2D eigenvalue weighted by molar-refractivity contribution is 0.391. The number of aliphatic imine (C=N–C) groups is 1. The molecule has 102 valence electrons. The average Bonchev–Trinajstić information content (AvgIpc) is 3.02. The number of hydrogen-bond donors (Lipinski definition) is 1. The van der Waals surface area contributed by atoms with Gasteiger partial charge >= 0.3 is 0 Å². The van der Waals surface area contributed by atoms with E-state index in [2.05, 4.69) is 25.7 Å². The third-order valence-corrected chi connectivity index (χ3v) is 2.67. The first-order valence-electron chi connectivity index (χ1n) is 5.84. The molecule has 0 radical (unpaired) electrons. The minimum Gasteiger partial charge on any atom is -0.364 e. The van der Waals surface area contributed by atoms with Crippen LogP contribution >= 0.6 is 0 Å². The third kappa shape index (κ3) is 3.30. The highest BCUT2D eigenvalue weighted by Gasteiger charge is 2.09. The predicted molar refractivity (Wildman–Crippen MR) is 69.2 cm³/mol. The Hall–Kier alpha value is -2.38. The summed E-state index contributed by atoms with van der Waals surface area (Å²) in [6.07, 6.45) is 3.22. The minimum absolute atomic E-state index is 0.562. The van der Waals surface area contributed by atoms with Gasteiger partial charge in [0.1, 0.15) is 18.3 Å². The topological polar surface area (TPSA) is 84.4 Å². The van der Waals surface area contributed by atoms with Crippen LogP contribution in [0.25, 0.3) is 0 Å². The summed E-state index contributed by atoms with van der Waals surface area (Å²) in [7, 11) is 5.57. The Labute approximate surface area is 111 Å². The highest BCUT2D eigenvalue weighted by atomic mass is 16.5. The van der Waals surface area contributed by atoms with Crippen LogP contribution in [0.2, 0.25) is 0 Å². The Kier molecular flexibility index (Phi) is 4.11. The van der Waals surface area contributed by atoms with Gasteiger partial charge in [0.2, 0.25) is 0 Å². The number of hydrogen-bond acceptors (Lipinski definition) is 5. The number of nitrogens with one attached hydrogen (secondary N) is 1. The average molecular weight is 263 g/mol. The molecule has 8 nitrogen and oxygen atoms in total. The monoisotopic (exact) mass is 263 g/mol. The Morgan fingerprint density at radius 1 is 1.58 bits per heavy atom. The maximum absolute atomic E-state index is 4.80. The second-order valence-corrected chi connectivity index (χ2v) is 4.11. The molecule has 0 bridgehead atoms. The fourth-order valence-corrected chi connectivity index (χ4v) is 1.65. The lowest BCUT2D eigenvalue weighted by Crippen LogP contribution is -2.38. The van der Waals surface area contributed by atoms with E-state index >= 15 is 0 Å². The van der Waals surface area contributed by atoms with Gasteiger partial charge in [-0.2, -0.15) is 0 Å². The molecule has 2 rings (SSSR count). The molecule has 0 aliphatic carbocycles. The lowest BCUT2D eigenvalue weighted by atomic mass is 10.4. The van der Waals surface area contributed by atoms with Gasteiger partial charge in [-0.15, -0.1) is 10.2 Å². The maximum atomic E-state index is 4.80. The zero-order valence-electron chi connectivity index (χ0n) is 11.2. The van der Waals surface area contributed by atoms with Crippen molar-refractivity contribution < 1.29 is 4.52 Å². The van der Waals surface area contributed by atoms with Crippen LogP contribution in [0.4, 0.5) is 0 Å². The van der Waals surface area contributed by atoms with E-state index in [0.29, 0.717) is 13.1 Å². The number of rotatable bonds is 4. The standard InChI is InChI=1S/C11H17N7O/c1-12-11(13-6-10-15-14-8-18(10)3)17(2)7-9-4-5-19-16-9/h4-5,8H,6-7H2,1-3H3,(H,12,13). The first kappa shape index (κ1) is 13.1. The fourth-order valence-electron chi connectivity index (χ4n) is 1.65. The van der Waals surface area contributed by atoms with Crippen molar-refractivity contribution in [3.63, 3.8) is 0 Å². The Morgan fingerprint density at radius 3 is 3.00 bits per heavy atom. The molecule has 19 heavy (non-hydrogen) atoms. The minimum atomic E-state index is 0.562. The van der Waals surface area contributed by atoms with Crippen molar-refractivity contribution in [1.82, 2.24) is 30.1 Å². The SMILES string of the molecule is CN=C(NCc1nncn1C)N(C)Cc1ccon1. The van der Waals surface area contributed by atoms with Crippen molar-refractivity contribution in [2.75, 3.05) is 14.1 Å². The summed E-state index contributed by atoms with van der Waals surface area (Å²) in [5.41, 5.74) is 0.851. The van der Waals surface area contributed by atoms with Gasteiger partial charge < -0.3 is 19.3 Å². The van der Waals surface area contributed by atoms with Gasteiger partial charge in [-0.05, 0) is 0 Å². The zero-order valence-corrected chi connectivity index (χ0v) is 11.2. The highest BCUT2D eigenvalue weighted by molar-refractivity contribution is 5.79. The Bertz CT molecular complexity index is 531. The van der Waals surface area contributed by atoms with Crippen LogP contribution in [0, 0.1) is 0 Å². The number of aromatic nitrogens is 4. The van der Waals surface area contributed by atoms with Crippen LogP contribution in [0.1, 0.15) is 11.5 Å². The Morgan fingerprint density at radius 2 is 2.42 bits per heavy atom. The molecule has 2 aromatic rings. The molecule has 0 aliphatic rings. The predicted octanol–water partition coefficient (Wildman–Crippen LogP) is 0.0105. The summed E-state index contributed by atoms with van der Waals surface area (Å²) >= 11 is 0. The molecule has 0 aromatic carbocycles. The molecule has 0 aliphatic heterocycles. The van der Waals surface area contributed by atoms with Crippen LogP contribution in [0.5, 0.6) is 0 Å². The number of aryl methyl sites for hydroxylation is 1. The van der Waals surface area contributed by atoms with Gasteiger partial charge in [-0.25, -0.2) is 0 Å². The van der Waals surface area contributed by atoms with Crippen LogP contribution in [-0.2, 0) is 20.1 Å². The summed E-state index contributed by atoms with van der Waals surface area (Å²) in [6.45, 7) is 1.18. The first-order chi connectivity index (χ1) is 9.20. The third-order valence-electron chi connectivity index (χ3n) is 2.67. The molecule has 0 saturated heterocycles. The molecule has 2 heterocycles. The molecular formula is C11H17N7O. The van der Waals surface area contributed by atoms with E-state index in [-0.39, 0.29) is 0 Å². The van der Waals surface area contributed by atoms with Crippen molar-refractivity contribution in [3.8, 4) is 0 Å². The van der Waals surface area contributed by atoms with E-state index in [1.807, 2.05) is 29.6 Å². The summed E-state index contributed by atoms with van der Waals surface area (Å²) in [6, 6.07) is 1.83. The molecule has 0 atom stereocenters. The van der Waals surface area contributed by atoms with Gasteiger partial charge in [-0.3, -0.25) is 4.99 Å². The van der Waals surface area contributed by atoms with E-state index in [9.17, 15) is 0 Å². The van der Waals surface area contributed by atoms with Gasteiger partial charge in [0.05, 0.1) is 13.1 Å². The first-order valence-corrected chi connectivity index (χ1v) is 5.84. The van der Waals surface area contributed by atoms with Gasteiger partial charge in [-0.1, -0.05) is 5.16 Å². The molecule has 8 heteroatoms. The van der Waals surface area contributed by atoms with Crippen LogP contribution in [0.3, 0.4) is 0 Å². The van der Waals surface area contributed by atoms with Gasteiger partial charge in [0.25, 0.3) is 0 Å². The lowest BCUT2D eigenvalue weighted by Gasteiger charge is -2.20. The summed E-state index contributed by atoms with van der Waals surface area (Å²) in [5.74, 6) is 1.60. The number of nitrogens with zero attached hydrogens (tertiary/aromatic N) is 6. The molecule has 2 aromatic heterocycles. The molecule has 0 saturated carbocycles. The molecule has 0 spiro atoms. The van der Waals surface area contributed by atoms with Crippen LogP contribution in [-0.4, -0.2) is 44.9 Å². The quantitative estimate of drug-likeness (QED) is 0.618. The smallest absolute Gasteiger partial charge is 0.194 e. The van der Waals surface area contributed by atoms with Gasteiger partial charge in [0, 0.05) is 27.2 Å². The van der Waals surface area contributed by atoms with Crippen molar-refractivity contribution in [2.24, 2.45) is 12.0 Å². The fraction of sp³-hybridized carbons (Fsp3) is 0.455. The second-order valence-electron chi connectivity index (χ2n) is 4.11. The highest BCUT2D eigenvalue weighted by Crippen LogP contribution is 2.00. The normalized spacial score (nSPS) is 11.6. The van der Waals surface area contributed by atoms with Crippen molar-refractivity contribution in [3.05, 3.63) is 30.2 Å². The van der Waals surface area contributed by atoms with Crippen LogP contribution in [0.15, 0.2) is 28.2 Å². The van der Waals surface area contributed by atoms with Crippen molar-refractivity contribution in [1.29, 1.82) is 0 Å². The second kappa shape index (κ2) is 5.98. The molecule has 1 N–H and O–H groups in total. The van der Waals surface area contributed by atoms with Crippen molar-refractivity contribution >= 4 is 5.96 Å². The largest absolute Gasteiger partial charge is 0.364 e.